The van der Waals surface area contributed by atoms with Gasteiger partial charge in [-0.15, -0.1) is 0 Å². The Bertz CT molecular complexity index is 532. The Labute approximate surface area is 89.6 Å². The number of aromatic nitrogens is 1. The smallest absolute Gasteiger partial charge is 0.337 e. The fraction of sp³-hybridized carbons (Fsp3) is 0.100. The van der Waals surface area contributed by atoms with Gasteiger partial charge in [-0.05, 0) is 23.7 Å². The van der Waals surface area contributed by atoms with Crippen molar-refractivity contribution in [2.45, 2.75) is 0 Å². The minimum absolute atomic E-state index is 0.391. The summed E-state index contributed by atoms with van der Waals surface area (Å²) in [6.45, 7) is 0. The van der Waals surface area contributed by atoms with Crippen LogP contribution in [0.2, 0.25) is 0 Å². The predicted octanol–water partition coefficient (Wildman–Crippen LogP) is 1.90. The number of nitrogens with zero attached hydrogens (tertiary/aromatic N) is 1. The lowest BCUT2D eigenvalue weighted by molar-refractivity contribution is 0.0601. The van der Waals surface area contributed by atoms with Gasteiger partial charge in [0, 0.05) is 5.39 Å². The molecular weight excluding hydrogens is 214 g/mol. The summed E-state index contributed by atoms with van der Waals surface area (Å²) in [7, 11) is 1.33. The number of ether oxygens (including phenoxy) is 1. The zero-order valence-corrected chi connectivity index (χ0v) is 8.71. The summed E-state index contributed by atoms with van der Waals surface area (Å²) in [5.41, 5.74) is 0.873. The number of esters is 1. The van der Waals surface area contributed by atoms with E-state index in [1.165, 1.54) is 18.6 Å². The van der Waals surface area contributed by atoms with Gasteiger partial charge in [-0.3, -0.25) is 4.79 Å². The van der Waals surface area contributed by atoms with Crippen LogP contribution in [0.15, 0.2) is 18.2 Å². The first-order chi connectivity index (χ1) is 7.26. The molecule has 0 spiro atoms. The van der Waals surface area contributed by atoms with E-state index in [1.807, 2.05) is 0 Å². The number of aldehydes is 1. The molecule has 1 aromatic carbocycles. The molecule has 15 heavy (non-hydrogen) atoms. The SMILES string of the molecule is COC(=O)c1ccc2c(C=O)nsc2c1. The molecule has 1 aromatic heterocycles. The van der Waals surface area contributed by atoms with E-state index in [0.29, 0.717) is 17.5 Å². The Morgan fingerprint density at radius 3 is 3.00 bits per heavy atom. The van der Waals surface area contributed by atoms with Crippen molar-refractivity contribution < 1.29 is 14.3 Å². The van der Waals surface area contributed by atoms with Crippen LogP contribution in [-0.2, 0) is 4.74 Å². The second kappa shape index (κ2) is 3.78. The van der Waals surface area contributed by atoms with E-state index in [0.717, 1.165) is 10.1 Å². The molecule has 0 unspecified atom stereocenters. The molecule has 0 fully saturated rings. The third-order valence-corrected chi connectivity index (χ3v) is 2.86. The molecule has 0 aliphatic heterocycles. The van der Waals surface area contributed by atoms with Gasteiger partial charge >= 0.3 is 5.97 Å². The van der Waals surface area contributed by atoms with Crippen LogP contribution in [0.4, 0.5) is 0 Å². The van der Waals surface area contributed by atoms with E-state index in [1.54, 1.807) is 18.2 Å². The van der Waals surface area contributed by atoms with E-state index < -0.39 is 5.97 Å². The van der Waals surface area contributed by atoms with Crippen molar-refractivity contribution in [3.8, 4) is 0 Å². The first-order valence-corrected chi connectivity index (χ1v) is 4.96. The molecular formula is C10H7NO3S. The molecule has 0 bridgehead atoms. The molecule has 0 saturated heterocycles. The number of hydrogen-bond acceptors (Lipinski definition) is 5. The van der Waals surface area contributed by atoms with Crippen LogP contribution in [0, 0.1) is 0 Å². The number of methoxy groups -OCH3 is 1. The normalized spacial score (nSPS) is 10.2. The van der Waals surface area contributed by atoms with Gasteiger partial charge in [-0.1, -0.05) is 6.07 Å². The lowest BCUT2D eigenvalue weighted by atomic mass is 10.1. The van der Waals surface area contributed by atoms with Gasteiger partial charge in [-0.25, -0.2) is 4.79 Å². The van der Waals surface area contributed by atoms with Crippen LogP contribution in [-0.4, -0.2) is 23.7 Å². The zero-order chi connectivity index (χ0) is 10.8. The fourth-order valence-corrected chi connectivity index (χ4v) is 2.08. The number of benzene rings is 1. The maximum Gasteiger partial charge on any atom is 0.337 e. The quantitative estimate of drug-likeness (QED) is 0.574. The van der Waals surface area contributed by atoms with Gasteiger partial charge in [0.15, 0.2) is 6.29 Å². The van der Waals surface area contributed by atoms with Gasteiger partial charge < -0.3 is 4.74 Å². The Hall–Kier alpha value is -1.75. The summed E-state index contributed by atoms with van der Waals surface area (Å²) in [4.78, 5) is 21.8. The molecule has 2 aromatic rings. The molecule has 0 radical (unpaired) electrons. The van der Waals surface area contributed by atoms with Gasteiger partial charge in [-0.2, -0.15) is 4.37 Å². The van der Waals surface area contributed by atoms with Gasteiger partial charge in [0.2, 0.25) is 0 Å². The van der Waals surface area contributed by atoms with Crippen molar-refractivity contribution >= 4 is 33.9 Å². The number of hydrogen-bond donors (Lipinski definition) is 0. The third kappa shape index (κ3) is 1.61. The number of carbonyl (C=O) groups excluding carboxylic acids is 2. The van der Waals surface area contributed by atoms with Crippen molar-refractivity contribution in [1.82, 2.24) is 4.37 Å². The standard InChI is InChI=1S/C10H7NO3S/c1-14-10(13)6-2-3-7-8(5-12)11-15-9(7)4-6/h2-5H,1H3. The lowest BCUT2D eigenvalue weighted by Gasteiger charge is -1.97. The summed E-state index contributed by atoms with van der Waals surface area (Å²) < 4.78 is 9.36. The van der Waals surface area contributed by atoms with E-state index in [4.69, 9.17) is 0 Å². The maximum atomic E-state index is 11.2. The molecule has 76 valence electrons. The zero-order valence-electron chi connectivity index (χ0n) is 7.89. The molecule has 5 heteroatoms. The van der Waals surface area contributed by atoms with E-state index in [9.17, 15) is 9.59 Å². The van der Waals surface area contributed by atoms with Crippen LogP contribution in [0.25, 0.3) is 10.1 Å². The molecule has 0 aliphatic rings. The summed E-state index contributed by atoms with van der Waals surface area (Å²) in [6, 6.07) is 5.00. The van der Waals surface area contributed by atoms with Crippen LogP contribution < -0.4 is 0 Å². The summed E-state index contributed by atoms with van der Waals surface area (Å²) in [6.07, 6.45) is 0.705. The van der Waals surface area contributed by atoms with Crippen molar-refractivity contribution in [2.24, 2.45) is 0 Å². The Kier molecular flexibility index (Phi) is 2.47. The van der Waals surface area contributed by atoms with Crippen LogP contribution in [0.3, 0.4) is 0 Å². The van der Waals surface area contributed by atoms with Gasteiger partial charge in [0.1, 0.15) is 5.69 Å². The average molecular weight is 221 g/mol. The first kappa shape index (κ1) is 9.79. The predicted molar refractivity (Wildman–Crippen MR) is 56.3 cm³/mol. The molecule has 0 N–H and O–H groups in total. The van der Waals surface area contributed by atoms with Crippen LogP contribution in [0.5, 0.6) is 0 Å². The molecule has 4 nitrogen and oxygen atoms in total. The number of carbonyl (C=O) groups is 2. The fourth-order valence-electron chi connectivity index (χ4n) is 1.29. The van der Waals surface area contributed by atoms with Crippen molar-refractivity contribution in [1.29, 1.82) is 0 Å². The third-order valence-electron chi connectivity index (χ3n) is 2.03. The van der Waals surface area contributed by atoms with Crippen molar-refractivity contribution in [2.75, 3.05) is 7.11 Å². The molecule has 1 heterocycles. The largest absolute Gasteiger partial charge is 0.465 e. The number of fused-ring (bicyclic) bond motifs is 1. The Morgan fingerprint density at radius 1 is 1.53 bits per heavy atom. The summed E-state index contributed by atoms with van der Waals surface area (Å²) in [5, 5.41) is 0.766. The highest BCUT2D eigenvalue weighted by Crippen LogP contribution is 2.23. The van der Waals surface area contributed by atoms with Gasteiger partial charge in [0.25, 0.3) is 0 Å². The maximum absolute atomic E-state index is 11.2. The Morgan fingerprint density at radius 2 is 2.33 bits per heavy atom. The molecule has 0 saturated carbocycles. The second-order valence-electron chi connectivity index (χ2n) is 2.89. The molecule has 0 aliphatic carbocycles. The molecule has 0 amide bonds. The number of rotatable bonds is 2. The monoisotopic (exact) mass is 221 g/mol. The van der Waals surface area contributed by atoms with Crippen LogP contribution in [0.1, 0.15) is 20.8 Å². The van der Waals surface area contributed by atoms with E-state index >= 15 is 0 Å². The second-order valence-corrected chi connectivity index (χ2v) is 3.69. The van der Waals surface area contributed by atoms with Crippen LogP contribution >= 0.6 is 11.5 Å². The van der Waals surface area contributed by atoms with E-state index in [2.05, 4.69) is 9.11 Å². The average Bonchev–Trinajstić information content (AvgIpc) is 2.69. The van der Waals surface area contributed by atoms with Crippen molar-refractivity contribution in [3.05, 3.63) is 29.5 Å². The highest BCUT2D eigenvalue weighted by Gasteiger charge is 2.09. The van der Waals surface area contributed by atoms with Gasteiger partial charge in [0.05, 0.1) is 17.4 Å². The topological polar surface area (TPSA) is 56.3 Å². The first-order valence-electron chi connectivity index (χ1n) is 4.19. The Balaban J connectivity index is 2.58. The minimum atomic E-state index is -0.391. The molecule has 0 atom stereocenters. The minimum Gasteiger partial charge on any atom is -0.465 e. The summed E-state index contributed by atoms with van der Waals surface area (Å²) >= 11 is 1.19. The van der Waals surface area contributed by atoms with Crippen molar-refractivity contribution in [3.63, 3.8) is 0 Å². The lowest BCUT2D eigenvalue weighted by Crippen LogP contribution is -2.00. The highest BCUT2D eigenvalue weighted by molar-refractivity contribution is 7.13. The van der Waals surface area contributed by atoms with E-state index in [-0.39, 0.29) is 0 Å². The summed E-state index contributed by atoms with van der Waals surface area (Å²) in [5.74, 6) is -0.391. The molecule has 2 rings (SSSR count). The highest BCUT2D eigenvalue weighted by atomic mass is 32.1.